The molecule has 2 aliphatic rings. The Balaban J connectivity index is 2.02. The van der Waals surface area contributed by atoms with Crippen LogP contribution < -0.4 is 5.32 Å². The molecule has 6 nitrogen and oxygen atoms in total. The van der Waals surface area contributed by atoms with Crippen molar-refractivity contribution in [1.29, 1.82) is 0 Å². The van der Waals surface area contributed by atoms with Crippen LogP contribution in [0.5, 0.6) is 0 Å². The van der Waals surface area contributed by atoms with Crippen LogP contribution in [-0.4, -0.2) is 80.3 Å². The van der Waals surface area contributed by atoms with Gasteiger partial charge in [-0.05, 0) is 13.5 Å². The molecule has 1 atom stereocenters. The minimum absolute atomic E-state index is 0.307. The highest BCUT2D eigenvalue weighted by Gasteiger charge is 2.34. The fraction of sp³-hybridized carbons (Fsp3) is 1.00. The van der Waals surface area contributed by atoms with E-state index < -0.39 is 10.2 Å². The maximum absolute atomic E-state index is 12.5. The van der Waals surface area contributed by atoms with E-state index in [1.807, 2.05) is 0 Å². The Hall–Kier alpha value is -0.210. The third-order valence-electron chi connectivity index (χ3n) is 3.86. The number of rotatable bonds is 3. The van der Waals surface area contributed by atoms with Crippen LogP contribution in [0.1, 0.15) is 13.8 Å². The second-order valence-corrected chi connectivity index (χ2v) is 6.92. The zero-order valence-electron chi connectivity index (χ0n) is 11.3. The third kappa shape index (κ3) is 2.85. The molecule has 7 heteroatoms. The Kier molecular flexibility index (Phi) is 4.60. The third-order valence-corrected chi connectivity index (χ3v) is 5.86. The lowest BCUT2D eigenvalue weighted by atomic mass is 10.2. The van der Waals surface area contributed by atoms with Crippen molar-refractivity contribution in [2.24, 2.45) is 0 Å². The van der Waals surface area contributed by atoms with E-state index in [9.17, 15) is 8.42 Å². The van der Waals surface area contributed by atoms with Gasteiger partial charge in [-0.1, -0.05) is 6.92 Å². The average Bonchev–Trinajstić information content (AvgIpc) is 2.39. The number of nitrogens with one attached hydrogen (secondary N) is 1. The van der Waals surface area contributed by atoms with Crippen molar-refractivity contribution in [2.45, 2.75) is 19.9 Å². The Morgan fingerprint density at radius 2 is 1.78 bits per heavy atom. The molecule has 0 aromatic carbocycles. The summed E-state index contributed by atoms with van der Waals surface area (Å²) < 4.78 is 28.2. The molecule has 0 radical (unpaired) electrons. The highest BCUT2D eigenvalue weighted by molar-refractivity contribution is 7.86. The molecule has 1 N–H and O–H groups in total. The Morgan fingerprint density at radius 1 is 1.11 bits per heavy atom. The first-order valence-corrected chi connectivity index (χ1v) is 8.15. The fourth-order valence-corrected chi connectivity index (χ4v) is 4.37. The number of piperazine rings is 2. The van der Waals surface area contributed by atoms with Gasteiger partial charge in [-0.2, -0.15) is 17.0 Å². The molecule has 106 valence electrons. The van der Waals surface area contributed by atoms with Gasteiger partial charge in [-0.15, -0.1) is 0 Å². The van der Waals surface area contributed by atoms with Crippen molar-refractivity contribution in [3.8, 4) is 0 Å². The molecule has 18 heavy (non-hydrogen) atoms. The van der Waals surface area contributed by atoms with Crippen LogP contribution in [0.2, 0.25) is 0 Å². The lowest BCUT2D eigenvalue weighted by Gasteiger charge is -2.41. The number of hydrogen-bond acceptors (Lipinski definition) is 4. The quantitative estimate of drug-likeness (QED) is 0.730. The molecular weight excluding hydrogens is 252 g/mol. The standard InChI is InChI=1S/C11H24N4O2S/c1-3-13-8-9-15(10-11(13)2)18(16,17)14-6-4-12-5-7-14/h11-12H,3-10H2,1-2H3. The van der Waals surface area contributed by atoms with E-state index in [1.165, 1.54) is 0 Å². The normalized spacial score (nSPS) is 29.6. The number of hydrogen-bond donors (Lipinski definition) is 1. The summed E-state index contributed by atoms with van der Waals surface area (Å²) in [7, 11) is -3.25. The Bertz CT molecular complexity index is 367. The largest absolute Gasteiger partial charge is 0.314 e. The van der Waals surface area contributed by atoms with Crippen LogP contribution >= 0.6 is 0 Å². The lowest BCUT2D eigenvalue weighted by molar-refractivity contribution is 0.130. The van der Waals surface area contributed by atoms with Crippen molar-refractivity contribution in [2.75, 3.05) is 52.4 Å². The van der Waals surface area contributed by atoms with Crippen LogP contribution in [-0.2, 0) is 10.2 Å². The molecule has 2 fully saturated rings. The van der Waals surface area contributed by atoms with Crippen LogP contribution in [0.3, 0.4) is 0 Å². The molecule has 0 aromatic rings. The molecule has 0 aliphatic carbocycles. The predicted molar refractivity (Wildman–Crippen MR) is 71.6 cm³/mol. The van der Waals surface area contributed by atoms with Gasteiger partial charge in [0.1, 0.15) is 0 Å². The second kappa shape index (κ2) is 5.83. The highest BCUT2D eigenvalue weighted by atomic mass is 32.2. The van der Waals surface area contributed by atoms with Crippen molar-refractivity contribution >= 4 is 10.2 Å². The summed E-state index contributed by atoms with van der Waals surface area (Å²) in [6.45, 7) is 9.96. The summed E-state index contributed by atoms with van der Waals surface area (Å²) in [5.74, 6) is 0. The van der Waals surface area contributed by atoms with Crippen LogP contribution in [0, 0.1) is 0 Å². The molecule has 2 saturated heterocycles. The van der Waals surface area contributed by atoms with Gasteiger partial charge in [0.25, 0.3) is 10.2 Å². The van der Waals surface area contributed by atoms with E-state index in [0.717, 1.165) is 26.2 Å². The molecular formula is C11H24N4O2S. The van der Waals surface area contributed by atoms with E-state index in [4.69, 9.17) is 0 Å². The SMILES string of the molecule is CCN1CCN(S(=O)(=O)N2CCNCC2)CC1C. The minimum atomic E-state index is -3.25. The van der Waals surface area contributed by atoms with Gasteiger partial charge in [0.05, 0.1) is 0 Å². The molecule has 0 spiro atoms. The fourth-order valence-electron chi connectivity index (χ4n) is 2.68. The molecule has 2 rings (SSSR count). The van der Waals surface area contributed by atoms with Gasteiger partial charge in [0.2, 0.25) is 0 Å². The van der Waals surface area contributed by atoms with Gasteiger partial charge in [-0.25, -0.2) is 0 Å². The second-order valence-electron chi connectivity index (χ2n) is 4.99. The summed E-state index contributed by atoms with van der Waals surface area (Å²) in [5, 5.41) is 3.18. The first-order valence-electron chi connectivity index (χ1n) is 6.75. The lowest BCUT2D eigenvalue weighted by Crippen LogP contribution is -2.58. The number of likely N-dealkylation sites (N-methyl/N-ethyl adjacent to an activating group) is 1. The minimum Gasteiger partial charge on any atom is -0.314 e. The van der Waals surface area contributed by atoms with E-state index in [1.54, 1.807) is 8.61 Å². The van der Waals surface area contributed by atoms with Crippen molar-refractivity contribution in [1.82, 2.24) is 18.8 Å². The molecule has 2 aliphatic heterocycles. The smallest absolute Gasteiger partial charge is 0.282 e. The summed E-state index contributed by atoms with van der Waals surface area (Å²) in [6, 6.07) is 0.307. The average molecular weight is 276 g/mol. The maximum atomic E-state index is 12.5. The summed E-state index contributed by atoms with van der Waals surface area (Å²) in [4.78, 5) is 2.32. The van der Waals surface area contributed by atoms with Crippen LogP contribution in [0.15, 0.2) is 0 Å². The molecule has 0 bridgehead atoms. The Morgan fingerprint density at radius 3 is 2.33 bits per heavy atom. The van der Waals surface area contributed by atoms with Crippen molar-refractivity contribution in [3.05, 3.63) is 0 Å². The summed E-state index contributed by atoms with van der Waals surface area (Å²) in [6.07, 6.45) is 0. The topological polar surface area (TPSA) is 55.9 Å². The Labute approximate surface area is 110 Å². The number of nitrogens with zero attached hydrogens (tertiary/aromatic N) is 3. The molecule has 0 saturated carbocycles. The highest BCUT2D eigenvalue weighted by Crippen LogP contribution is 2.16. The zero-order valence-corrected chi connectivity index (χ0v) is 12.1. The van der Waals surface area contributed by atoms with Gasteiger partial charge in [-0.3, -0.25) is 4.90 Å². The van der Waals surface area contributed by atoms with E-state index in [2.05, 4.69) is 24.1 Å². The van der Waals surface area contributed by atoms with E-state index >= 15 is 0 Å². The van der Waals surface area contributed by atoms with Crippen molar-refractivity contribution < 1.29 is 8.42 Å². The van der Waals surface area contributed by atoms with Gasteiger partial charge >= 0.3 is 0 Å². The van der Waals surface area contributed by atoms with Crippen LogP contribution in [0.25, 0.3) is 0 Å². The van der Waals surface area contributed by atoms with E-state index in [-0.39, 0.29) is 0 Å². The summed E-state index contributed by atoms with van der Waals surface area (Å²) >= 11 is 0. The first kappa shape index (κ1) is 14.2. The zero-order chi connectivity index (χ0) is 13.2. The maximum Gasteiger partial charge on any atom is 0.282 e. The van der Waals surface area contributed by atoms with E-state index in [0.29, 0.717) is 32.2 Å². The van der Waals surface area contributed by atoms with Crippen LogP contribution in [0.4, 0.5) is 0 Å². The van der Waals surface area contributed by atoms with Gasteiger partial charge < -0.3 is 5.32 Å². The molecule has 0 aromatic heterocycles. The first-order chi connectivity index (χ1) is 8.55. The summed E-state index contributed by atoms with van der Waals surface area (Å²) in [5.41, 5.74) is 0. The molecule has 1 unspecified atom stereocenters. The molecule has 0 amide bonds. The monoisotopic (exact) mass is 276 g/mol. The molecule has 2 heterocycles. The van der Waals surface area contributed by atoms with Gasteiger partial charge in [0, 0.05) is 51.9 Å². The van der Waals surface area contributed by atoms with Crippen molar-refractivity contribution in [3.63, 3.8) is 0 Å². The van der Waals surface area contributed by atoms with Gasteiger partial charge in [0.15, 0.2) is 0 Å². The predicted octanol–water partition coefficient (Wildman–Crippen LogP) is -0.838.